The van der Waals surface area contributed by atoms with Crippen molar-refractivity contribution in [2.24, 2.45) is 0 Å². The maximum atomic E-state index is 14.5. The number of morpholine rings is 1. The SMILES string of the molecule is CS(=O)(=O)c1ccc2nc(-c3cccc(C(F)(F)F)c3)c(CN3CCC(N4CCOCC4)CC3)c(C(=O)N[C@H](c3ccccc3)C(F)(F)F)c2c1. The van der Waals surface area contributed by atoms with E-state index in [2.05, 4.69) is 15.2 Å². The van der Waals surface area contributed by atoms with Crippen LogP contribution in [0.25, 0.3) is 22.2 Å². The molecule has 3 aromatic carbocycles. The molecule has 2 fully saturated rings. The summed E-state index contributed by atoms with van der Waals surface area (Å²) in [6.07, 6.45) is -7.21. The first-order chi connectivity index (χ1) is 24.1. The number of carbonyl (C=O) groups excluding carboxylic acids is 1. The summed E-state index contributed by atoms with van der Waals surface area (Å²) in [4.78, 5) is 23.2. The van der Waals surface area contributed by atoms with Gasteiger partial charge in [0, 0.05) is 48.4 Å². The van der Waals surface area contributed by atoms with Gasteiger partial charge in [-0.05, 0) is 61.8 Å². The molecule has 272 valence electrons. The van der Waals surface area contributed by atoms with Crippen molar-refractivity contribution in [1.82, 2.24) is 20.1 Å². The predicted molar refractivity (Wildman–Crippen MR) is 179 cm³/mol. The quantitative estimate of drug-likeness (QED) is 0.203. The molecule has 0 aliphatic carbocycles. The van der Waals surface area contributed by atoms with Crippen LogP contribution in [0, 0.1) is 0 Å². The molecule has 0 radical (unpaired) electrons. The number of pyridine rings is 1. The summed E-state index contributed by atoms with van der Waals surface area (Å²) in [7, 11) is -3.86. The van der Waals surface area contributed by atoms with E-state index < -0.39 is 39.7 Å². The van der Waals surface area contributed by atoms with Crippen LogP contribution in [0.4, 0.5) is 26.3 Å². The van der Waals surface area contributed by atoms with E-state index in [-0.39, 0.29) is 56.3 Å². The smallest absolute Gasteiger partial charge is 0.379 e. The molecule has 1 aromatic heterocycles. The molecule has 2 saturated heterocycles. The van der Waals surface area contributed by atoms with E-state index in [1.54, 1.807) is 0 Å². The molecule has 1 N–H and O–H groups in total. The van der Waals surface area contributed by atoms with Crippen LogP contribution in [0.15, 0.2) is 77.7 Å². The fourth-order valence-corrected chi connectivity index (χ4v) is 7.47. The molecule has 0 spiro atoms. The molecule has 51 heavy (non-hydrogen) atoms. The van der Waals surface area contributed by atoms with Gasteiger partial charge in [-0.15, -0.1) is 0 Å². The highest BCUT2D eigenvalue weighted by molar-refractivity contribution is 7.90. The second-order valence-corrected chi connectivity index (χ2v) is 14.9. The minimum atomic E-state index is -4.93. The van der Waals surface area contributed by atoms with Crippen molar-refractivity contribution in [2.75, 3.05) is 45.6 Å². The van der Waals surface area contributed by atoms with Gasteiger partial charge in [-0.1, -0.05) is 42.5 Å². The molecule has 6 rings (SSSR count). The number of nitrogens with zero attached hydrogens (tertiary/aromatic N) is 3. The van der Waals surface area contributed by atoms with Crippen molar-refractivity contribution in [3.05, 3.63) is 95.1 Å². The number of ether oxygens (including phenoxy) is 1. The predicted octanol–water partition coefficient (Wildman–Crippen LogP) is 6.65. The topological polar surface area (TPSA) is 91.8 Å². The molecular formula is C36H36F6N4O4S. The maximum absolute atomic E-state index is 14.5. The zero-order valence-electron chi connectivity index (χ0n) is 27.6. The Morgan fingerprint density at radius 1 is 0.922 bits per heavy atom. The van der Waals surface area contributed by atoms with Crippen LogP contribution in [0.2, 0.25) is 0 Å². The van der Waals surface area contributed by atoms with E-state index in [0.717, 1.165) is 44.3 Å². The van der Waals surface area contributed by atoms with Gasteiger partial charge >= 0.3 is 12.4 Å². The van der Waals surface area contributed by atoms with Crippen LogP contribution in [0.3, 0.4) is 0 Å². The molecule has 0 unspecified atom stereocenters. The summed E-state index contributed by atoms with van der Waals surface area (Å²) in [6, 6.07) is 12.7. The van der Waals surface area contributed by atoms with Gasteiger partial charge in [0.2, 0.25) is 0 Å². The number of rotatable bonds is 8. The molecule has 1 amide bonds. The summed E-state index contributed by atoms with van der Waals surface area (Å²) in [6.45, 7) is 3.83. The number of benzene rings is 3. The molecule has 2 aliphatic rings. The van der Waals surface area contributed by atoms with Gasteiger partial charge in [-0.25, -0.2) is 13.4 Å². The van der Waals surface area contributed by atoms with Crippen LogP contribution in [0.5, 0.6) is 0 Å². The van der Waals surface area contributed by atoms with Crippen LogP contribution in [-0.4, -0.2) is 87.0 Å². The van der Waals surface area contributed by atoms with Crippen molar-refractivity contribution in [3.63, 3.8) is 0 Å². The van der Waals surface area contributed by atoms with Gasteiger partial charge in [0.05, 0.1) is 40.4 Å². The summed E-state index contributed by atoms with van der Waals surface area (Å²) in [5.74, 6) is -1.18. The molecule has 8 nitrogen and oxygen atoms in total. The minimum absolute atomic E-state index is 0.00148. The van der Waals surface area contributed by atoms with Gasteiger partial charge in [-0.2, -0.15) is 26.3 Å². The first-order valence-electron chi connectivity index (χ1n) is 16.4. The van der Waals surface area contributed by atoms with E-state index in [0.29, 0.717) is 26.3 Å². The summed E-state index contributed by atoms with van der Waals surface area (Å²) in [5, 5.41) is 2.08. The lowest BCUT2D eigenvalue weighted by Crippen LogP contribution is -2.48. The van der Waals surface area contributed by atoms with Crippen LogP contribution in [0.1, 0.15) is 45.9 Å². The van der Waals surface area contributed by atoms with Crippen molar-refractivity contribution >= 4 is 26.6 Å². The maximum Gasteiger partial charge on any atom is 0.416 e. The Labute approximate surface area is 291 Å². The Morgan fingerprint density at radius 2 is 1.61 bits per heavy atom. The Balaban J connectivity index is 1.52. The number of amides is 1. The monoisotopic (exact) mass is 734 g/mol. The normalized spacial score (nSPS) is 17.8. The van der Waals surface area contributed by atoms with Gasteiger partial charge in [0.1, 0.15) is 0 Å². The lowest BCUT2D eigenvalue weighted by Gasteiger charge is -2.40. The summed E-state index contributed by atoms with van der Waals surface area (Å²) >= 11 is 0. The van der Waals surface area contributed by atoms with Crippen molar-refractivity contribution in [1.29, 1.82) is 0 Å². The second kappa shape index (κ2) is 14.5. The fourth-order valence-electron chi connectivity index (χ4n) is 6.82. The molecule has 4 aromatic rings. The second-order valence-electron chi connectivity index (χ2n) is 12.9. The van der Waals surface area contributed by atoms with E-state index in [4.69, 9.17) is 4.74 Å². The zero-order valence-corrected chi connectivity index (χ0v) is 28.4. The highest BCUT2D eigenvalue weighted by atomic mass is 32.2. The van der Waals surface area contributed by atoms with Crippen molar-refractivity contribution in [3.8, 4) is 11.3 Å². The molecule has 2 aliphatic heterocycles. The van der Waals surface area contributed by atoms with E-state index in [1.807, 2.05) is 4.90 Å². The number of halogens is 6. The molecule has 15 heteroatoms. The largest absolute Gasteiger partial charge is 0.416 e. The van der Waals surface area contributed by atoms with Gasteiger partial charge in [-0.3, -0.25) is 14.6 Å². The molecule has 3 heterocycles. The number of nitrogens with one attached hydrogen (secondary N) is 1. The van der Waals surface area contributed by atoms with Crippen LogP contribution < -0.4 is 5.32 Å². The lowest BCUT2D eigenvalue weighted by atomic mass is 9.93. The number of hydrogen-bond acceptors (Lipinski definition) is 7. The Morgan fingerprint density at radius 3 is 2.24 bits per heavy atom. The number of piperidine rings is 1. The lowest BCUT2D eigenvalue weighted by molar-refractivity contribution is -0.155. The Hall–Kier alpha value is -4.05. The molecule has 0 saturated carbocycles. The van der Waals surface area contributed by atoms with Gasteiger partial charge in [0.15, 0.2) is 15.9 Å². The van der Waals surface area contributed by atoms with E-state index in [9.17, 15) is 39.6 Å². The average molecular weight is 735 g/mol. The molecule has 0 bridgehead atoms. The van der Waals surface area contributed by atoms with Gasteiger partial charge in [0.25, 0.3) is 5.91 Å². The Kier molecular flexibility index (Phi) is 10.5. The number of likely N-dealkylation sites (tertiary alicyclic amines) is 1. The third kappa shape index (κ3) is 8.37. The summed E-state index contributed by atoms with van der Waals surface area (Å²) < 4.78 is 116. The minimum Gasteiger partial charge on any atom is -0.379 e. The third-order valence-electron chi connectivity index (χ3n) is 9.41. The van der Waals surface area contributed by atoms with Crippen molar-refractivity contribution < 1.29 is 44.3 Å². The van der Waals surface area contributed by atoms with E-state index in [1.165, 1.54) is 60.7 Å². The average Bonchev–Trinajstić information content (AvgIpc) is 3.10. The number of fused-ring (bicyclic) bond motifs is 1. The van der Waals surface area contributed by atoms with Crippen LogP contribution >= 0.6 is 0 Å². The number of sulfone groups is 1. The number of aromatic nitrogens is 1. The van der Waals surface area contributed by atoms with Crippen molar-refractivity contribution in [2.45, 2.75) is 48.7 Å². The highest BCUT2D eigenvalue weighted by Crippen LogP contribution is 2.38. The Bertz CT molecular complexity index is 1990. The summed E-state index contributed by atoms with van der Waals surface area (Å²) in [5.41, 5.74) is -1.41. The first kappa shape index (κ1) is 36.7. The zero-order chi connectivity index (χ0) is 36.6. The highest BCUT2D eigenvalue weighted by Gasteiger charge is 2.43. The fraction of sp³-hybridized carbons (Fsp3) is 0.389. The molecular weight excluding hydrogens is 698 g/mol. The number of carbonyl (C=O) groups is 1. The van der Waals surface area contributed by atoms with E-state index >= 15 is 0 Å². The third-order valence-corrected chi connectivity index (χ3v) is 10.5. The van der Waals surface area contributed by atoms with Gasteiger partial charge < -0.3 is 10.1 Å². The number of hydrogen-bond donors (Lipinski definition) is 1. The van der Waals surface area contributed by atoms with Crippen LogP contribution in [-0.2, 0) is 27.3 Å². The first-order valence-corrected chi connectivity index (χ1v) is 18.3. The standard InChI is InChI=1S/C36H36F6N4O4S/c1-51(48,49)27-10-11-30-28(21-27)31(34(47)44-33(36(40,41)42)23-6-3-2-4-7-23)29(32(43-30)24-8-5-9-25(20-24)35(37,38)39)22-45-14-12-26(13-15-45)46-16-18-50-19-17-46/h2-11,20-21,26,33H,12-19,22H2,1H3,(H,44,47)/t33-/m1/s1. The number of alkyl halides is 6. The molecule has 1 atom stereocenters.